The van der Waals surface area contributed by atoms with Gasteiger partial charge in [0.2, 0.25) is 0 Å². The molecule has 3 fully saturated rings. The van der Waals surface area contributed by atoms with Gasteiger partial charge >= 0.3 is 6.68 Å². The quantitative estimate of drug-likeness (QED) is 0.253. The lowest BCUT2D eigenvalue weighted by Crippen LogP contribution is -2.35. The van der Waals surface area contributed by atoms with Crippen molar-refractivity contribution in [2.75, 3.05) is 32.8 Å². The topological polar surface area (TPSA) is 70.1 Å². The number of likely N-dealkylation sites (tertiary alicyclic amines) is 2. The van der Waals surface area contributed by atoms with E-state index in [0.717, 1.165) is 56.4 Å². The van der Waals surface area contributed by atoms with Crippen LogP contribution in [0.2, 0.25) is 10.0 Å². The Hall–Kier alpha value is -2.63. The fourth-order valence-electron chi connectivity index (χ4n) is 5.13. The second kappa shape index (κ2) is 16.3. The first-order valence-electron chi connectivity index (χ1n) is 13.6. The van der Waals surface area contributed by atoms with E-state index in [0.29, 0.717) is 47.2 Å². The number of carbonyl (C=O) groups is 2. The molecule has 2 saturated heterocycles. The molecule has 2 aromatic carbocycles. The third kappa shape index (κ3) is 10.6. The predicted molar refractivity (Wildman–Crippen MR) is 150 cm³/mol. The van der Waals surface area contributed by atoms with Crippen LogP contribution in [-0.2, 0) is 11.3 Å². The monoisotopic (exact) mass is 638 g/mol. The van der Waals surface area contributed by atoms with E-state index in [1.165, 1.54) is 11.0 Å². The third-order valence-corrected chi connectivity index (χ3v) is 7.71. The number of carbonyl (C=O) groups excluding carboxylic acids is 1. The zero-order valence-electron chi connectivity index (χ0n) is 22.8. The molecule has 1 amide bonds. The highest BCUT2D eigenvalue weighted by atomic mass is 35.5. The van der Waals surface area contributed by atoms with E-state index in [9.17, 15) is 26.7 Å². The summed E-state index contributed by atoms with van der Waals surface area (Å²) >= 11 is 12.2. The molecule has 42 heavy (non-hydrogen) atoms. The molecular weight excluding hydrogens is 606 g/mol. The van der Waals surface area contributed by atoms with Crippen LogP contribution in [0.25, 0.3) is 0 Å². The van der Waals surface area contributed by atoms with Crippen molar-refractivity contribution < 1.29 is 41.4 Å². The number of alkyl halides is 4. The Bertz CT molecular complexity index is 1170. The van der Waals surface area contributed by atoms with Gasteiger partial charge in [-0.25, -0.2) is 8.78 Å². The van der Waals surface area contributed by atoms with Gasteiger partial charge in [-0.1, -0.05) is 23.2 Å². The van der Waals surface area contributed by atoms with Crippen LogP contribution in [0.5, 0.6) is 5.75 Å². The smallest absolute Gasteiger partial charge is 0.379 e. The number of ether oxygens (including phenoxy) is 1. The summed E-state index contributed by atoms with van der Waals surface area (Å²) in [6.07, 6.45) is 3.30. The molecule has 0 bridgehead atoms. The highest BCUT2D eigenvalue weighted by Gasteiger charge is 2.33. The minimum absolute atomic E-state index is 0.0303. The van der Waals surface area contributed by atoms with Crippen LogP contribution >= 0.6 is 23.2 Å². The molecule has 0 radical (unpaired) electrons. The number of amides is 1. The van der Waals surface area contributed by atoms with Gasteiger partial charge in [0, 0.05) is 29.2 Å². The van der Waals surface area contributed by atoms with E-state index in [-0.39, 0.29) is 18.6 Å². The summed E-state index contributed by atoms with van der Waals surface area (Å²) < 4.78 is 63.6. The lowest BCUT2D eigenvalue weighted by atomic mass is 9.97. The summed E-state index contributed by atoms with van der Waals surface area (Å²) in [5.74, 6) is 0.214. The second-order valence-electron chi connectivity index (χ2n) is 10.4. The maximum absolute atomic E-state index is 14.9. The van der Waals surface area contributed by atoms with Crippen molar-refractivity contribution >= 4 is 35.6 Å². The van der Waals surface area contributed by atoms with E-state index in [2.05, 4.69) is 4.90 Å². The summed E-state index contributed by atoms with van der Waals surface area (Å²) in [6, 6.07) is 8.65. The molecule has 1 atom stereocenters. The van der Waals surface area contributed by atoms with E-state index in [1.54, 1.807) is 12.1 Å². The molecule has 232 valence electrons. The minimum Gasteiger partial charge on any atom is -0.493 e. The van der Waals surface area contributed by atoms with E-state index < -0.39 is 24.6 Å². The van der Waals surface area contributed by atoms with Gasteiger partial charge in [-0.3, -0.25) is 14.5 Å². The zero-order valence-corrected chi connectivity index (χ0v) is 24.3. The van der Waals surface area contributed by atoms with Crippen molar-refractivity contribution in [3.63, 3.8) is 0 Å². The van der Waals surface area contributed by atoms with E-state index >= 15 is 0 Å². The summed E-state index contributed by atoms with van der Waals surface area (Å²) in [7, 11) is 0. The number of carboxylic acid groups (broad SMARTS) is 1. The molecule has 2 aromatic rings. The molecule has 13 heteroatoms. The van der Waals surface area contributed by atoms with Crippen LogP contribution in [0.3, 0.4) is 0 Å². The Balaban J connectivity index is 0.000000627. The molecule has 3 aliphatic rings. The first-order valence-corrected chi connectivity index (χ1v) is 14.3. The van der Waals surface area contributed by atoms with Gasteiger partial charge in [-0.05, 0) is 92.4 Å². The molecule has 6 nitrogen and oxygen atoms in total. The SMILES string of the molecule is FC(F)F.O=C(c1cc(C2CC2)c(OCC2CCN(Cc3cc(Cl)cc(Cl)c3)CC2)cc1F)N1CCC(F)C1.O=CO. The van der Waals surface area contributed by atoms with E-state index in [1.807, 2.05) is 12.1 Å². The molecule has 1 N–H and O–H groups in total. The van der Waals surface area contributed by atoms with Crippen molar-refractivity contribution in [1.29, 1.82) is 0 Å². The maximum Gasteiger partial charge on any atom is 0.379 e. The largest absolute Gasteiger partial charge is 0.493 e. The first-order chi connectivity index (χ1) is 20.0. The Morgan fingerprint density at radius 3 is 2.12 bits per heavy atom. The summed E-state index contributed by atoms with van der Waals surface area (Å²) in [5.41, 5.74) is 2.04. The van der Waals surface area contributed by atoms with Crippen LogP contribution in [0, 0.1) is 11.7 Å². The van der Waals surface area contributed by atoms with Gasteiger partial charge in [0.25, 0.3) is 12.4 Å². The lowest BCUT2D eigenvalue weighted by molar-refractivity contribution is -0.122. The van der Waals surface area contributed by atoms with Crippen molar-refractivity contribution in [1.82, 2.24) is 9.80 Å². The molecule has 0 aromatic heterocycles. The van der Waals surface area contributed by atoms with Crippen molar-refractivity contribution in [2.45, 2.75) is 57.4 Å². The van der Waals surface area contributed by atoms with Gasteiger partial charge in [0.15, 0.2) is 0 Å². The van der Waals surface area contributed by atoms with Gasteiger partial charge < -0.3 is 14.7 Å². The average Bonchev–Trinajstić information content (AvgIpc) is 3.67. The predicted octanol–water partition coefficient (Wildman–Crippen LogP) is 7.36. The second-order valence-corrected chi connectivity index (χ2v) is 11.3. The standard InChI is InChI=1S/C27H30Cl2F2N2O2.CHF3.CH2O2/c28-20-9-18(10-21(29)11-20)14-32-6-3-17(4-7-32)16-35-26-13-25(31)24(12-23(26)19-1-2-19)27(34)33-8-5-22(30)15-33;2-1(3)4;2-1-3/h9-13,17,19,22H,1-8,14-16H2;1H;1H,(H,2,3). The molecule has 1 aliphatic carbocycles. The molecule has 1 unspecified atom stereocenters. The van der Waals surface area contributed by atoms with Crippen LogP contribution in [-0.4, -0.2) is 72.9 Å². The summed E-state index contributed by atoms with van der Waals surface area (Å²) in [5, 5.41) is 8.18. The molecular formula is C29H33Cl2F5N2O4. The van der Waals surface area contributed by atoms with Gasteiger partial charge in [-0.15, -0.1) is 0 Å². The number of halogens is 7. The number of hydrogen-bond acceptors (Lipinski definition) is 4. The van der Waals surface area contributed by atoms with Crippen LogP contribution in [0.4, 0.5) is 22.0 Å². The Morgan fingerprint density at radius 1 is 1.00 bits per heavy atom. The fraction of sp³-hybridized carbons (Fsp3) is 0.517. The molecule has 2 aliphatic heterocycles. The number of rotatable bonds is 7. The van der Waals surface area contributed by atoms with Crippen LogP contribution in [0.1, 0.15) is 59.5 Å². The Morgan fingerprint density at radius 2 is 1.60 bits per heavy atom. The van der Waals surface area contributed by atoms with Gasteiger partial charge in [-0.2, -0.15) is 13.2 Å². The first kappa shape index (κ1) is 33.9. The molecule has 5 rings (SSSR count). The maximum atomic E-state index is 14.9. The highest BCUT2D eigenvalue weighted by Crippen LogP contribution is 2.45. The van der Waals surface area contributed by atoms with Crippen LogP contribution < -0.4 is 4.74 Å². The molecule has 1 saturated carbocycles. The minimum atomic E-state index is -3.67. The fourth-order valence-corrected chi connectivity index (χ4v) is 5.70. The number of piperidine rings is 1. The van der Waals surface area contributed by atoms with Crippen molar-refractivity contribution in [3.05, 3.63) is 62.9 Å². The lowest BCUT2D eigenvalue weighted by Gasteiger charge is -2.32. The highest BCUT2D eigenvalue weighted by molar-refractivity contribution is 6.34. The van der Waals surface area contributed by atoms with Gasteiger partial charge in [0.1, 0.15) is 17.7 Å². The Labute approximate surface area is 251 Å². The number of benzene rings is 2. The average molecular weight is 639 g/mol. The number of hydrogen-bond donors (Lipinski definition) is 1. The van der Waals surface area contributed by atoms with Crippen molar-refractivity contribution in [2.24, 2.45) is 5.92 Å². The summed E-state index contributed by atoms with van der Waals surface area (Å²) in [4.78, 5) is 24.9. The number of nitrogens with zero attached hydrogens (tertiary/aromatic N) is 2. The van der Waals surface area contributed by atoms with Gasteiger partial charge in [0.05, 0.1) is 18.7 Å². The van der Waals surface area contributed by atoms with E-state index in [4.69, 9.17) is 37.8 Å². The van der Waals surface area contributed by atoms with Crippen molar-refractivity contribution in [3.8, 4) is 5.75 Å². The third-order valence-electron chi connectivity index (χ3n) is 7.28. The summed E-state index contributed by atoms with van der Waals surface area (Å²) in [6.45, 7) is -0.320. The molecule has 2 heterocycles. The van der Waals surface area contributed by atoms with Crippen LogP contribution in [0.15, 0.2) is 30.3 Å². The normalized spacial score (nSPS) is 19.0. The Kier molecular flexibility index (Phi) is 13.1. The zero-order chi connectivity index (χ0) is 30.8. The molecule has 0 spiro atoms.